The summed E-state index contributed by atoms with van der Waals surface area (Å²) in [5, 5.41) is 59.8. The lowest BCUT2D eigenvalue weighted by molar-refractivity contribution is -0.159. The van der Waals surface area contributed by atoms with Crippen molar-refractivity contribution in [3.05, 3.63) is 76.1 Å². The van der Waals surface area contributed by atoms with Gasteiger partial charge in [0.25, 0.3) is 5.91 Å². The van der Waals surface area contributed by atoms with Gasteiger partial charge < -0.3 is 40.2 Å². The quantitative estimate of drug-likeness (QED) is 0.190. The molecular formula is C34H40BN3O10. The third kappa shape index (κ3) is 5.23. The van der Waals surface area contributed by atoms with Gasteiger partial charge in [0.1, 0.15) is 22.8 Å². The Morgan fingerprint density at radius 3 is 2.35 bits per heavy atom. The van der Waals surface area contributed by atoms with Crippen molar-refractivity contribution in [1.82, 2.24) is 15.1 Å². The highest BCUT2D eigenvalue weighted by molar-refractivity contribution is 6.61. The number of aryl methyl sites for hydroxylation is 1. The number of phenolic OH excluding ortho intramolecular Hbond substituents is 1. The average Bonchev–Trinajstić information content (AvgIpc) is 3.01. The number of Topliss-reactive ketones (excluding diaryl/α,β-unsaturated/α-hetero) is 2. The Balaban J connectivity index is 1.27. The SMILES string of the molecule is Cc1ccccc1B1OCCN(CNC(=O)C2=C(O)C3(O)C(=O)C4=C(O)c5c(O)cccc5C(C)(O)C4CC3C(N(C)C)C2=O)CCO1. The zero-order chi connectivity index (χ0) is 34.7. The molecule has 1 aliphatic heterocycles. The fraction of sp³-hybridized carbons (Fsp3) is 0.441. The van der Waals surface area contributed by atoms with Crippen LogP contribution < -0.4 is 10.8 Å². The van der Waals surface area contributed by atoms with Gasteiger partial charge in [-0.2, -0.15) is 0 Å². The summed E-state index contributed by atoms with van der Waals surface area (Å²) < 4.78 is 11.9. The lowest BCUT2D eigenvalue weighted by Gasteiger charge is -2.53. The second-order valence-electron chi connectivity index (χ2n) is 13.3. The predicted octanol–water partition coefficient (Wildman–Crippen LogP) is 0.270. The number of carbonyl (C=O) groups is 3. The van der Waals surface area contributed by atoms with Crippen molar-refractivity contribution in [2.45, 2.75) is 37.5 Å². The first kappa shape index (κ1) is 33.8. The molecule has 48 heavy (non-hydrogen) atoms. The predicted molar refractivity (Wildman–Crippen MR) is 174 cm³/mol. The molecule has 5 unspecified atom stereocenters. The van der Waals surface area contributed by atoms with Crippen molar-refractivity contribution in [3.8, 4) is 5.75 Å². The molecule has 0 spiro atoms. The maximum Gasteiger partial charge on any atom is 0.494 e. The maximum atomic E-state index is 14.3. The van der Waals surface area contributed by atoms with Gasteiger partial charge in [-0.05, 0) is 51.5 Å². The smallest absolute Gasteiger partial charge is 0.494 e. The Morgan fingerprint density at radius 1 is 1.04 bits per heavy atom. The first-order valence-electron chi connectivity index (χ1n) is 15.9. The summed E-state index contributed by atoms with van der Waals surface area (Å²) in [5.41, 5.74) is -3.82. The van der Waals surface area contributed by atoms with Gasteiger partial charge in [0, 0.05) is 43.7 Å². The van der Waals surface area contributed by atoms with Crippen LogP contribution in [0.3, 0.4) is 0 Å². The van der Waals surface area contributed by atoms with Crippen LogP contribution in [0.1, 0.15) is 30.0 Å². The van der Waals surface area contributed by atoms with Crippen molar-refractivity contribution < 1.29 is 49.2 Å². The Morgan fingerprint density at radius 2 is 1.71 bits per heavy atom. The number of hydrogen-bond acceptors (Lipinski definition) is 12. The first-order chi connectivity index (χ1) is 22.7. The highest BCUT2D eigenvalue weighted by Crippen LogP contribution is 2.57. The molecule has 2 aromatic carbocycles. The number of nitrogens with one attached hydrogen (secondary N) is 1. The van der Waals surface area contributed by atoms with Crippen LogP contribution in [-0.4, -0.2) is 119 Å². The minimum Gasteiger partial charge on any atom is -0.508 e. The lowest BCUT2D eigenvalue weighted by atomic mass is 9.54. The molecule has 0 radical (unpaired) electrons. The molecule has 3 aliphatic carbocycles. The molecule has 14 heteroatoms. The summed E-state index contributed by atoms with van der Waals surface area (Å²) in [6.07, 6.45) is -0.214. The van der Waals surface area contributed by atoms with E-state index in [4.69, 9.17) is 9.31 Å². The van der Waals surface area contributed by atoms with Gasteiger partial charge in [0.15, 0.2) is 11.4 Å². The van der Waals surface area contributed by atoms with Crippen molar-refractivity contribution in [3.63, 3.8) is 0 Å². The molecule has 4 aliphatic rings. The molecule has 0 aromatic heterocycles. The number of aromatic hydroxyl groups is 1. The van der Waals surface area contributed by atoms with Gasteiger partial charge in [-0.3, -0.25) is 24.2 Å². The molecule has 2 fully saturated rings. The van der Waals surface area contributed by atoms with E-state index in [0.717, 1.165) is 11.0 Å². The average molecular weight is 662 g/mol. The fourth-order valence-electron chi connectivity index (χ4n) is 7.68. The van der Waals surface area contributed by atoms with Crippen LogP contribution in [0, 0.1) is 18.8 Å². The number of ketones is 2. The highest BCUT2D eigenvalue weighted by Gasteiger charge is 2.66. The molecule has 1 saturated carbocycles. The Kier molecular flexibility index (Phi) is 8.77. The Labute approximate surface area is 278 Å². The number of benzene rings is 2. The monoisotopic (exact) mass is 661 g/mol. The number of hydrogen-bond donors (Lipinski definition) is 6. The van der Waals surface area contributed by atoms with E-state index in [1.54, 1.807) is 14.1 Å². The summed E-state index contributed by atoms with van der Waals surface area (Å²) in [7, 11) is 2.56. The molecule has 13 nitrogen and oxygen atoms in total. The molecule has 6 rings (SSSR count). The van der Waals surface area contributed by atoms with Crippen LogP contribution in [0.15, 0.2) is 59.4 Å². The van der Waals surface area contributed by atoms with E-state index >= 15 is 0 Å². The number of carbonyl (C=O) groups excluding carboxylic acids is 3. The molecule has 1 heterocycles. The van der Waals surface area contributed by atoms with E-state index in [2.05, 4.69) is 5.32 Å². The largest absolute Gasteiger partial charge is 0.508 e. The van der Waals surface area contributed by atoms with Crippen LogP contribution in [0.25, 0.3) is 5.76 Å². The summed E-state index contributed by atoms with van der Waals surface area (Å²) >= 11 is 0. The van der Waals surface area contributed by atoms with Crippen LogP contribution in [0.5, 0.6) is 5.75 Å². The zero-order valence-electron chi connectivity index (χ0n) is 27.3. The topological polar surface area (TPSA) is 189 Å². The zero-order valence-corrected chi connectivity index (χ0v) is 27.3. The van der Waals surface area contributed by atoms with Crippen LogP contribution in [0.2, 0.25) is 0 Å². The van der Waals surface area contributed by atoms with Gasteiger partial charge in [-0.15, -0.1) is 0 Å². The third-order valence-electron chi connectivity index (χ3n) is 10.3. The molecule has 1 saturated heterocycles. The highest BCUT2D eigenvalue weighted by atomic mass is 16.6. The summed E-state index contributed by atoms with van der Waals surface area (Å²) in [4.78, 5) is 45.1. The number of aliphatic hydroxyl groups is 4. The Bertz CT molecular complexity index is 1730. The fourth-order valence-corrected chi connectivity index (χ4v) is 7.68. The lowest BCUT2D eigenvalue weighted by Crippen LogP contribution is -2.67. The van der Waals surface area contributed by atoms with Crippen LogP contribution in [0.4, 0.5) is 0 Å². The molecule has 0 bridgehead atoms. The standard InChI is InChI=1S/C34H40BN3O10/c1-18-8-5-6-10-22(18)35-47-14-12-38(13-15-48-35)17-36-32(44)26-29(41)27(37(3)4)21-16-20-25(30(42)34(21,46)31(26)43)28(40)24-19(33(20,2)45)9-7-11-23(24)39/h5-11,20-21,27,39-40,43,45-46H,12-17H2,1-4H3,(H,36,44). The van der Waals surface area contributed by atoms with Gasteiger partial charge in [0.05, 0.1) is 23.9 Å². The Hall–Kier alpha value is -4.05. The van der Waals surface area contributed by atoms with E-state index in [-0.39, 0.29) is 37.4 Å². The molecule has 2 aromatic rings. The molecule has 5 atom stereocenters. The number of aliphatic hydroxyl groups excluding tert-OH is 2. The number of nitrogens with zero attached hydrogens (tertiary/aromatic N) is 2. The van der Waals surface area contributed by atoms with E-state index in [0.29, 0.717) is 13.1 Å². The summed E-state index contributed by atoms with van der Waals surface area (Å²) in [6.45, 7) is 4.73. The first-order valence-corrected chi connectivity index (χ1v) is 15.9. The number of phenols is 1. The van der Waals surface area contributed by atoms with Gasteiger partial charge >= 0.3 is 7.12 Å². The van der Waals surface area contributed by atoms with Gasteiger partial charge in [-0.1, -0.05) is 42.0 Å². The van der Waals surface area contributed by atoms with Gasteiger partial charge in [-0.25, -0.2) is 0 Å². The van der Waals surface area contributed by atoms with Crippen LogP contribution in [-0.2, 0) is 29.3 Å². The second-order valence-corrected chi connectivity index (χ2v) is 13.3. The van der Waals surface area contributed by atoms with E-state index in [1.165, 1.54) is 30.0 Å². The summed E-state index contributed by atoms with van der Waals surface area (Å²) in [6, 6.07) is 10.8. The van der Waals surface area contributed by atoms with E-state index in [9.17, 15) is 39.9 Å². The van der Waals surface area contributed by atoms with Crippen molar-refractivity contribution >= 4 is 35.8 Å². The minimum absolute atomic E-state index is 0.0555. The number of rotatable bonds is 5. The molecule has 254 valence electrons. The van der Waals surface area contributed by atoms with Crippen molar-refractivity contribution in [1.29, 1.82) is 0 Å². The third-order valence-corrected chi connectivity index (χ3v) is 10.3. The molecular weight excluding hydrogens is 621 g/mol. The maximum absolute atomic E-state index is 14.3. The van der Waals surface area contributed by atoms with Crippen molar-refractivity contribution in [2.24, 2.45) is 11.8 Å². The second kappa shape index (κ2) is 12.4. The van der Waals surface area contributed by atoms with E-state index < -0.39 is 82.1 Å². The van der Waals surface area contributed by atoms with Crippen molar-refractivity contribution in [2.75, 3.05) is 47.1 Å². The molecule has 6 N–H and O–H groups in total. The minimum atomic E-state index is -2.79. The van der Waals surface area contributed by atoms with E-state index in [1.807, 2.05) is 36.1 Å². The number of fused-ring (bicyclic) bond motifs is 3. The normalized spacial score (nSPS) is 29.6. The number of likely N-dealkylation sites (N-methyl/N-ethyl adjacent to an activating group) is 1. The molecule has 1 amide bonds. The van der Waals surface area contributed by atoms with Crippen LogP contribution >= 0.6 is 0 Å². The number of amides is 1. The summed E-state index contributed by atoms with van der Waals surface area (Å²) in [5.74, 6) is -7.54. The van der Waals surface area contributed by atoms with Gasteiger partial charge in [0.2, 0.25) is 5.78 Å².